The summed E-state index contributed by atoms with van der Waals surface area (Å²) in [6.07, 6.45) is 4.49. The van der Waals surface area contributed by atoms with Gasteiger partial charge in [0.15, 0.2) is 0 Å². The molecule has 1 aromatic rings. The third-order valence-electron chi connectivity index (χ3n) is 2.55. The van der Waals surface area contributed by atoms with Crippen LogP contribution in [0, 0.1) is 22.7 Å². The van der Waals surface area contributed by atoms with Gasteiger partial charge in [0.1, 0.15) is 12.1 Å². The Morgan fingerprint density at radius 1 is 1.22 bits per heavy atom. The van der Waals surface area contributed by atoms with E-state index in [9.17, 15) is 4.79 Å². The molecule has 0 fully saturated rings. The maximum atomic E-state index is 12.2. The minimum atomic E-state index is -0.671. The van der Waals surface area contributed by atoms with Crippen LogP contribution < -0.4 is 0 Å². The van der Waals surface area contributed by atoms with Crippen LogP contribution in [-0.4, -0.2) is 16.8 Å². The van der Waals surface area contributed by atoms with Crippen LogP contribution in [0.25, 0.3) is 0 Å². The van der Waals surface area contributed by atoms with E-state index in [1.807, 2.05) is 18.2 Å². The highest BCUT2D eigenvalue weighted by atomic mass is 16.2. The highest BCUT2D eigenvalue weighted by Crippen LogP contribution is 2.16. The zero-order valence-corrected chi connectivity index (χ0v) is 9.45. The minimum absolute atomic E-state index is 0.292. The molecule has 0 spiro atoms. The average Bonchev–Trinajstić information content (AvgIpc) is 2.46. The summed E-state index contributed by atoms with van der Waals surface area (Å²) in [6, 6.07) is 12.0. The van der Waals surface area contributed by atoms with Crippen LogP contribution >= 0.6 is 0 Å². The zero-order chi connectivity index (χ0) is 13.0. The Hall–Kier alpha value is -2.85. The van der Waals surface area contributed by atoms with E-state index in [4.69, 9.17) is 10.5 Å². The predicted molar refractivity (Wildman–Crippen MR) is 64.8 cm³/mol. The first-order chi connectivity index (χ1) is 8.76. The molecule has 0 bridgehead atoms. The molecule has 1 aliphatic rings. The number of allylic oxidation sites excluding steroid dienone is 2. The van der Waals surface area contributed by atoms with Gasteiger partial charge in [-0.15, -0.1) is 0 Å². The van der Waals surface area contributed by atoms with E-state index in [0.29, 0.717) is 11.1 Å². The molecule has 1 amide bonds. The van der Waals surface area contributed by atoms with Gasteiger partial charge in [0, 0.05) is 11.8 Å². The highest BCUT2D eigenvalue weighted by molar-refractivity contribution is 5.95. The summed E-state index contributed by atoms with van der Waals surface area (Å²) in [5.41, 5.74) is 0.840. The Morgan fingerprint density at radius 2 is 1.94 bits per heavy atom. The van der Waals surface area contributed by atoms with Crippen molar-refractivity contribution in [3.05, 3.63) is 59.8 Å². The van der Waals surface area contributed by atoms with Crippen molar-refractivity contribution in [2.75, 3.05) is 0 Å². The lowest BCUT2D eigenvalue weighted by Crippen LogP contribution is -2.35. The molecular formula is C14H9N3O. The molecule has 1 aliphatic heterocycles. The molecule has 1 aromatic carbocycles. The van der Waals surface area contributed by atoms with Crippen LogP contribution in [0.5, 0.6) is 0 Å². The van der Waals surface area contributed by atoms with Gasteiger partial charge in [-0.3, -0.25) is 9.69 Å². The number of nitrogens with zero attached hydrogens (tertiary/aromatic N) is 3. The van der Waals surface area contributed by atoms with Gasteiger partial charge in [-0.25, -0.2) is 0 Å². The van der Waals surface area contributed by atoms with Crippen molar-refractivity contribution in [2.45, 2.75) is 6.04 Å². The van der Waals surface area contributed by atoms with E-state index in [2.05, 4.69) is 0 Å². The lowest BCUT2D eigenvalue weighted by molar-refractivity contribution is 0.0811. The standard InChI is InChI=1S/C14H9N3O/c15-8-11-6-7-13(9-16)17(10-11)14(18)12-4-2-1-3-5-12/h1-7,10,13H. The van der Waals surface area contributed by atoms with E-state index >= 15 is 0 Å². The second kappa shape index (κ2) is 4.99. The van der Waals surface area contributed by atoms with Gasteiger partial charge in [-0.1, -0.05) is 18.2 Å². The maximum Gasteiger partial charge on any atom is 0.259 e. The second-order valence-electron chi connectivity index (χ2n) is 3.71. The van der Waals surface area contributed by atoms with E-state index in [-0.39, 0.29) is 5.91 Å². The summed E-state index contributed by atoms with van der Waals surface area (Å²) in [4.78, 5) is 13.5. The number of carbonyl (C=O) groups is 1. The van der Waals surface area contributed by atoms with Crippen molar-refractivity contribution in [1.82, 2.24) is 4.90 Å². The first kappa shape index (κ1) is 11.6. The van der Waals surface area contributed by atoms with Crippen molar-refractivity contribution in [2.24, 2.45) is 0 Å². The van der Waals surface area contributed by atoms with Crippen molar-refractivity contribution in [1.29, 1.82) is 10.5 Å². The van der Waals surface area contributed by atoms with E-state index in [0.717, 1.165) is 0 Å². The molecule has 86 valence electrons. The third-order valence-corrected chi connectivity index (χ3v) is 2.55. The van der Waals surface area contributed by atoms with Gasteiger partial charge in [0.25, 0.3) is 5.91 Å². The molecule has 0 aromatic heterocycles. The summed E-state index contributed by atoms with van der Waals surface area (Å²) in [5, 5.41) is 17.8. The van der Waals surface area contributed by atoms with Crippen LogP contribution in [0.3, 0.4) is 0 Å². The number of amides is 1. The van der Waals surface area contributed by atoms with Gasteiger partial charge in [0.2, 0.25) is 0 Å². The van der Waals surface area contributed by atoms with Gasteiger partial charge in [-0.05, 0) is 24.3 Å². The Balaban J connectivity index is 2.35. The Morgan fingerprint density at radius 3 is 2.56 bits per heavy atom. The lowest BCUT2D eigenvalue weighted by Gasteiger charge is -2.24. The third kappa shape index (κ3) is 2.14. The molecule has 0 aliphatic carbocycles. The van der Waals surface area contributed by atoms with Crippen LogP contribution in [0.4, 0.5) is 0 Å². The van der Waals surface area contributed by atoms with Gasteiger partial charge < -0.3 is 0 Å². The first-order valence-electron chi connectivity index (χ1n) is 5.33. The summed E-state index contributed by atoms with van der Waals surface area (Å²) in [6.45, 7) is 0. The van der Waals surface area contributed by atoms with Crippen LogP contribution in [0.1, 0.15) is 10.4 Å². The summed E-state index contributed by atoms with van der Waals surface area (Å²) in [7, 11) is 0. The number of carbonyl (C=O) groups excluding carboxylic acids is 1. The molecule has 1 atom stereocenters. The number of rotatable bonds is 1. The smallest absolute Gasteiger partial charge is 0.259 e. The highest BCUT2D eigenvalue weighted by Gasteiger charge is 2.23. The van der Waals surface area contributed by atoms with Crippen LogP contribution in [-0.2, 0) is 0 Å². The molecule has 1 heterocycles. The van der Waals surface area contributed by atoms with Gasteiger partial charge >= 0.3 is 0 Å². The quantitative estimate of drug-likeness (QED) is 0.747. The minimum Gasteiger partial charge on any atom is -0.294 e. The van der Waals surface area contributed by atoms with Gasteiger partial charge in [0.05, 0.1) is 11.6 Å². The zero-order valence-electron chi connectivity index (χ0n) is 9.45. The first-order valence-corrected chi connectivity index (χ1v) is 5.33. The molecule has 0 saturated carbocycles. The number of hydrogen-bond acceptors (Lipinski definition) is 3. The normalized spacial score (nSPS) is 17.6. The molecule has 4 nitrogen and oxygen atoms in total. The van der Waals surface area contributed by atoms with Crippen molar-refractivity contribution < 1.29 is 4.79 Å². The van der Waals surface area contributed by atoms with Crippen LogP contribution in [0.15, 0.2) is 54.3 Å². The summed E-state index contributed by atoms with van der Waals surface area (Å²) in [5.74, 6) is -0.292. The topological polar surface area (TPSA) is 67.9 Å². The predicted octanol–water partition coefficient (Wildman–Crippen LogP) is 2.00. The molecular weight excluding hydrogens is 226 g/mol. The largest absolute Gasteiger partial charge is 0.294 e. The Kier molecular flexibility index (Phi) is 3.22. The molecule has 4 heteroatoms. The number of nitriles is 2. The van der Waals surface area contributed by atoms with E-state index < -0.39 is 6.04 Å². The molecule has 18 heavy (non-hydrogen) atoms. The number of benzene rings is 1. The van der Waals surface area contributed by atoms with E-state index in [1.165, 1.54) is 11.1 Å². The van der Waals surface area contributed by atoms with Crippen molar-refractivity contribution >= 4 is 5.91 Å². The molecule has 2 rings (SSSR count). The molecule has 1 unspecified atom stereocenters. The van der Waals surface area contributed by atoms with Crippen molar-refractivity contribution in [3.8, 4) is 12.1 Å². The molecule has 0 radical (unpaired) electrons. The average molecular weight is 235 g/mol. The Bertz CT molecular complexity index is 602. The second-order valence-corrected chi connectivity index (χ2v) is 3.71. The molecule has 0 N–H and O–H groups in total. The fraction of sp³-hybridized carbons (Fsp3) is 0.0714. The molecule has 0 saturated heterocycles. The Labute approximate surface area is 105 Å². The van der Waals surface area contributed by atoms with E-state index in [1.54, 1.807) is 36.4 Å². The fourth-order valence-corrected chi connectivity index (χ4v) is 1.65. The summed E-state index contributed by atoms with van der Waals surface area (Å²) >= 11 is 0. The maximum absolute atomic E-state index is 12.2. The SMILES string of the molecule is N#CC1=CN(C(=O)c2ccccc2)C(C#N)C=C1. The lowest BCUT2D eigenvalue weighted by atomic mass is 10.1. The number of hydrogen-bond donors (Lipinski definition) is 0. The summed E-state index contributed by atoms with van der Waals surface area (Å²) < 4.78 is 0. The van der Waals surface area contributed by atoms with Crippen molar-refractivity contribution in [3.63, 3.8) is 0 Å². The van der Waals surface area contributed by atoms with Gasteiger partial charge in [-0.2, -0.15) is 10.5 Å². The van der Waals surface area contributed by atoms with Crippen LogP contribution in [0.2, 0.25) is 0 Å². The fourth-order valence-electron chi connectivity index (χ4n) is 1.65. The monoisotopic (exact) mass is 235 g/mol.